The van der Waals surface area contributed by atoms with Crippen LogP contribution < -0.4 is 0 Å². The average Bonchev–Trinajstić information content (AvgIpc) is 3.20. The Morgan fingerprint density at radius 1 is 0.941 bits per heavy atom. The molecule has 0 bridgehead atoms. The lowest BCUT2D eigenvalue weighted by atomic mass is 9.63. The molecule has 34 heavy (non-hydrogen) atoms. The fraction of sp³-hybridized carbons (Fsp3) is 0.567. The van der Waals surface area contributed by atoms with Gasteiger partial charge in [0.15, 0.2) is 11.6 Å². The van der Waals surface area contributed by atoms with Crippen molar-refractivity contribution in [3.05, 3.63) is 59.2 Å². The van der Waals surface area contributed by atoms with Gasteiger partial charge in [-0.15, -0.1) is 0 Å². The zero-order valence-corrected chi connectivity index (χ0v) is 20.7. The number of aliphatic imine (C=N–C) groups is 1. The highest BCUT2D eigenvalue weighted by molar-refractivity contribution is 5.96. The van der Waals surface area contributed by atoms with Crippen molar-refractivity contribution in [2.24, 2.45) is 22.7 Å². The summed E-state index contributed by atoms with van der Waals surface area (Å²) < 4.78 is 35.8. The lowest BCUT2D eigenvalue weighted by Crippen LogP contribution is -2.30. The first-order chi connectivity index (χ1) is 16.3. The molecule has 1 aliphatic heterocycles. The van der Waals surface area contributed by atoms with Crippen LogP contribution in [0, 0.1) is 29.4 Å². The Kier molecular flexibility index (Phi) is 6.52. The molecular weight excluding hydrogens is 428 g/mol. The van der Waals surface area contributed by atoms with Crippen LogP contribution in [-0.4, -0.2) is 18.0 Å². The predicted octanol–water partition coefficient (Wildman–Crippen LogP) is 8.29. The summed E-state index contributed by atoms with van der Waals surface area (Å²) >= 11 is 0. The fourth-order valence-corrected chi connectivity index (χ4v) is 6.58. The van der Waals surface area contributed by atoms with Gasteiger partial charge in [0.1, 0.15) is 6.61 Å². The summed E-state index contributed by atoms with van der Waals surface area (Å²) in [5, 5.41) is 0. The smallest absolute Gasteiger partial charge is 0.219 e. The maximum Gasteiger partial charge on any atom is 0.219 e. The first-order valence-corrected chi connectivity index (χ1v) is 13.2. The molecule has 0 N–H and O–H groups in total. The van der Waals surface area contributed by atoms with E-state index in [9.17, 15) is 0 Å². The van der Waals surface area contributed by atoms with Crippen LogP contribution in [0.2, 0.25) is 0 Å². The highest BCUT2D eigenvalue weighted by Crippen LogP contribution is 2.48. The van der Waals surface area contributed by atoms with Crippen LogP contribution in [0.5, 0.6) is 0 Å². The van der Waals surface area contributed by atoms with Gasteiger partial charge in [0.2, 0.25) is 5.90 Å². The summed E-state index contributed by atoms with van der Waals surface area (Å²) in [6.45, 7) is 6.50. The van der Waals surface area contributed by atoms with Gasteiger partial charge in [0.25, 0.3) is 0 Å². The minimum atomic E-state index is -0.885. The van der Waals surface area contributed by atoms with E-state index < -0.39 is 17.2 Å². The minimum absolute atomic E-state index is 0.0972. The number of rotatable bonds is 5. The molecule has 2 nitrogen and oxygen atoms in total. The van der Waals surface area contributed by atoms with Crippen molar-refractivity contribution in [3.8, 4) is 11.1 Å². The third-order valence-electron chi connectivity index (χ3n) is 8.37. The molecule has 0 amide bonds. The summed E-state index contributed by atoms with van der Waals surface area (Å²) in [6, 6.07) is 11.4. The van der Waals surface area contributed by atoms with Crippen molar-refractivity contribution >= 4 is 5.90 Å². The van der Waals surface area contributed by atoms with Crippen LogP contribution in [0.15, 0.2) is 41.4 Å². The average molecular weight is 466 g/mol. The molecule has 5 rings (SSSR count). The summed E-state index contributed by atoms with van der Waals surface area (Å²) in [5.74, 6) is 1.62. The maximum absolute atomic E-state index is 15.2. The van der Waals surface area contributed by atoms with Gasteiger partial charge in [-0.3, -0.25) is 0 Å². The van der Waals surface area contributed by atoms with E-state index in [4.69, 9.17) is 4.74 Å². The quantitative estimate of drug-likeness (QED) is 0.435. The predicted molar refractivity (Wildman–Crippen MR) is 134 cm³/mol. The zero-order chi connectivity index (χ0) is 23.9. The Bertz CT molecular complexity index is 1080. The number of halogens is 2. The van der Waals surface area contributed by atoms with Crippen molar-refractivity contribution < 1.29 is 13.5 Å². The summed E-state index contributed by atoms with van der Waals surface area (Å²) in [4.78, 5) is 4.41. The molecule has 4 heteroatoms. The van der Waals surface area contributed by atoms with Gasteiger partial charge in [-0.2, -0.15) is 0 Å². The van der Waals surface area contributed by atoms with Crippen LogP contribution in [0.3, 0.4) is 0 Å². The largest absolute Gasteiger partial charge is 0.475 e. The molecule has 182 valence electrons. The molecule has 0 aromatic heterocycles. The van der Waals surface area contributed by atoms with E-state index in [-0.39, 0.29) is 11.5 Å². The van der Waals surface area contributed by atoms with Crippen LogP contribution in [0.25, 0.3) is 11.1 Å². The van der Waals surface area contributed by atoms with E-state index in [2.05, 4.69) is 24.0 Å². The number of hydrogen-bond acceptors (Lipinski definition) is 2. The molecule has 2 fully saturated rings. The summed E-state index contributed by atoms with van der Waals surface area (Å²) in [6.07, 6.45) is 10.6. The van der Waals surface area contributed by atoms with Gasteiger partial charge >= 0.3 is 0 Å². The number of benzene rings is 2. The standard InChI is InChI=1S/C30H37F2NO/c1-4-6-19-9-10-22-16-23(12-11-21(22)15-19)20-7-5-8-24(17-20)25-13-14-26(28(32)27(25)31)29-33-30(2,3)18-34-29/h5,7-8,13-14,17,19,21-23H,4,6,9-12,15-16,18H2,1-3H3. The van der Waals surface area contributed by atoms with Gasteiger partial charge in [0.05, 0.1) is 11.1 Å². The second-order valence-electron chi connectivity index (χ2n) is 11.4. The number of ether oxygens (including phenoxy) is 1. The van der Waals surface area contributed by atoms with Gasteiger partial charge < -0.3 is 4.74 Å². The first kappa shape index (κ1) is 23.5. The first-order valence-electron chi connectivity index (χ1n) is 13.2. The van der Waals surface area contributed by atoms with Gasteiger partial charge in [-0.1, -0.05) is 56.5 Å². The fourth-order valence-electron chi connectivity index (χ4n) is 6.58. The Morgan fingerprint density at radius 3 is 2.44 bits per heavy atom. The third-order valence-corrected chi connectivity index (χ3v) is 8.37. The summed E-state index contributed by atoms with van der Waals surface area (Å²) in [5.41, 5.74) is 1.98. The topological polar surface area (TPSA) is 21.6 Å². The molecule has 1 heterocycles. The monoisotopic (exact) mass is 465 g/mol. The number of fused-ring (bicyclic) bond motifs is 1. The molecule has 0 spiro atoms. The second kappa shape index (κ2) is 9.43. The second-order valence-corrected chi connectivity index (χ2v) is 11.4. The van der Waals surface area contributed by atoms with E-state index in [0.717, 1.165) is 23.3 Å². The normalized spacial score (nSPS) is 28.2. The van der Waals surface area contributed by atoms with Crippen molar-refractivity contribution in [3.63, 3.8) is 0 Å². The van der Waals surface area contributed by atoms with Gasteiger partial charge in [-0.05, 0) is 86.8 Å². The third kappa shape index (κ3) is 4.65. The molecule has 2 aliphatic carbocycles. The molecular formula is C30H37F2NO. The lowest BCUT2D eigenvalue weighted by molar-refractivity contribution is 0.114. The molecule has 0 radical (unpaired) electrons. The van der Waals surface area contributed by atoms with Crippen LogP contribution in [0.4, 0.5) is 8.78 Å². The Labute approximate surface area is 202 Å². The Morgan fingerprint density at radius 2 is 1.68 bits per heavy atom. The van der Waals surface area contributed by atoms with Crippen molar-refractivity contribution in [1.29, 1.82) is 0 Å². The van der Waals surface area contributed by atoms with E-state index in [1.54, 1.807) is 12.1 Å². The van der Waals surface area contributed by atoms with Crippen LogP contribution in [0.1, 0.15) is 89.2 Å². The van der Waals surface area contributed by atoms with Crippen molar-refractivity contribution in [2.45, 2.75) is 83.6 Å². The number of hydrogen-bond donors (Lipinski definition) is 0. The van der Waals surface area contributed by atoms with Gasteiger partial charge in [0, 0.05) is 5.56 Å². The van der Waals surface area contributed by atoms with E-state index in [1.807, 2.05) is 26.0 Å². The molecule has 2 aromatic carbocycles. The van der Waals surface area contributed by atoms with Gasteiger partial charge in [-0.25, -0.2) is 13.8 Å². The molecule has 0 saturated heterocycles. The van der Waals surface area contributed by atoms with E-state index >= 15 is 8.78 Å². The molecule has 2 aromatic rings. The zero-order valence-electron chi connectivity index (χ0n) is 20.7. The van der Waals surface area contributed by atoms with Crippen molar-refractivity contribution in [1.82, 2.24) is 0 Å². The molecule has 2 saturated carbocycles. The molecule has 4 unspecified atom stereocenters. The summed E-state index contributed by atoms with van der Waals surface area (Å²) in [7, 11) is 0. The number of nitrogens with zero attached hydrogens (tertiary/aromatic N) is 1. The van der Waals surface area contributed by atoms with E-state index in [1.165, 1.54) is 56.9 Å². The lowest BCUT2D eigenvalue weighted by Gasteiger charge is -2.42. The SMILES string of the molecule is CCCC1CCC2CC(c3cccc(-c4ccc(C5=NC(C)(C)CO5)c(F)c4F)c3)CCC2C1. The Hall–Kier alpha value is -2.23. The highest BCUT2D eigenvalue weighted by atomic mass is 19.2. The minimum Gasteiger partial charge on any atom is -0.475 e. The van der Waals surface area contributed by atoms with E-state index in [0.29, 0.717) is 18.1 Å². The molecule has 3 aliphatic rings. The van der Waals surface area contributed by atoms with Crippen LogP contribution in [-0.2, 0) is 4.74 Å². The van der Waals surface area contributed by atoms with Crippen LogP contribution >= 0.6 is 0 Å². The molecule has 4 atom stereocenters. The van der Waals surface area contributed by atoms with Crippen molar-refractivity contribution in [2.75, 3.05) is 6.61 Å². The maximum atomic E-state index is 15.2. The Balaban J connectivity index is 1.35. The highest BCUT2D eigenvalue weighted by Gasteiger charge is 2.36.